The van der Waals surface area contributed by atoms with Crippen LogP contribution in [-0.2, 0) is 25.7 Å². The van der Waals surface area contributed by atoms with Crippen LogP contribution in [0.1, 0.15) is 52.5 Å². The third-order valence-electron chi connectivity index (χ3n) is 9.19. The number of carbonyl (C=O) groups is 3. The van der Waals surface area contributed by atoms with E-state index in [9.17, 15) is 23.2 Å². The zero-order valence-corrected chi connectivity index (χ0v) is 27.6. The highest BCUT2D eigenvalue weighted by molar-refractivity contribution is 5.92. The molecule has 0 spiro atoms. The summed E-state index contributed by atoms with van der Waals surface area (Å²) in [6.07, 6.45) is 3.50. The van der Waals surface area contributed by atoms with Crippen molar-refractivity contribution in [2.45, 2.75) is 83.8 Å². The Labute approximate surface area is 274 Å². The molecule has 0 aliphatic carbocycles. The summed E-state index contributed by atoms with van der Waals surface area (Å²) in [7, 11) is 1.48. The van der Waals surface area contributed by atoms with Crippen LogP contribution < -0.4 is 10.1 Å². The number of fused-ring (bicyclic) bond motifs is 1. The lowest BCUT2D eigenvalue weighted by Crippen LogP contribution is -2.59. The maximum Gasteiger partial charge on any atom is 0.410 e. The molecule has 4 atom stereocenters. The Kier molecular flexibility index (Phi) is 10.4. The van der Waals surface area contributed by atoms with Gasteiger partial charge < -0.3 is 29.3 Å². The molecule has 2 fully saturated rings. The van der Waals surface area contributed by atoms with Crippen molar-refractivity contribution in [3.05, 3.63) is 77.7 Å². The maximum absolute atomic E-state index is 14.4. The molecule has 3 heterocycles. The molecule has 5 rings (SSSR count). The lowest BCUT2D eigenvalue weighted by molar-refractivity contribution is -0.141. The van der Waals surface area contributed by atoms with E-state index >= 15 is 0 Å². The van der Waals surface area contributed by atoms with E-state index in [-0.39, 0.29) is 30.3 Å². The van der Waals surface area contributed by atoms with Crippen molar-refractivity contribution in [1.82, 2.24) is 20.0 Å². The minimum absolute atomic E-state index is 0.0619. The van der Waals surface area contributed by atoms with Crippen LogP contribution in [0.15, 0.2) is 60.5 Å². The van der Waals surface area contributed by atoms with Gasteiger partial charge in [-0.3, -0.25) is 14.5 Å². The number of likely N-dealkylation sites (tertiary alicyclic amines) is 1. The number of hydrogen-bond donors (Lipinski definition) is 1. The number of ether oxygens (including phenoxy) is 3. The van der Waals surface area contributed by atoms with Crippen molar-refractivity contribution < 1.29 is 37.4 Å². The second-order valence-corrected chi connectivity index (χ2v) is 13.5. The molecular formula is C35H44F2N4O6. The maximum atomic E-state index is 14.4. The first-order valence-electron chi connectivity index (χ1n) is 16.1. The molecule has 0 aromatic heterocycles. The molecule has 3 aliphatic rings. The van der Waals surface area contributed by atoms with E-state index in [0.29, 0.717) is 31.9 Å². The molecule has 12 heteroatoms. The van der Waals surface area contributed by atoms with Gasteiger partial charge >= 0.3 is 6.09 Å². The molecule has 47 heavy (non-hydrogen) atoms. The van der Waals surface area contributed by atoms with Gasteiger partial charge in [0.2, 0.25) is 11.8 Å². The van der Waals surface area contributed by atoms with E-state index in [1.165, 1.54) is 18.0 Å². The quantitative estimate of drug-likeness (QED) is 0.413. The molecule has 0 bridgehead atoms. The number of likely N-dealkylation sites (N-methyl/N-ethyl adjacent to an activating group) is 1. The molecule has 10 nitrogen and oxygen atoms in total. The van der Waals surface area contributed by atoms with Gasteiger partial charge in [-0.25, -0.2) is 13.6 Å². The second kappa shape index (κ2) is 14.3. The largest absolute Gasteiger partial charge is 0.458 e. The number of nitrogens with zero attached hydrogens (tertiary/aromatic N) is 3. The standard InChI is InChI=1S/C35H44F2N4O6/c1-22(39(5)34(44)46-21-23-9-7-6-8-10-23)32(42)38-31(35(2,3)4)33(43)40-16-13-28-30(40)29(20-41(28)24-14-17-45-18-15-24)47-25-11-12-26(36)27(37)19-25/h6-12,19-20,22,24,28,30-31H,13-18,21H2,1-5H3,(H,38,42). The Morgan fingerprint density at radius 2 is 1.74 bits per heavy atom. The van der Waals surface area contributed by atoms with Crippen LogP contribution in [0.2, 0.25) is 0 Å². The summed E-state index contributed by atoms with van der Waals surface area (Å²) in [5, 5.41) is 2.91. The molecule has 2 aromatic rings. The predicted octanol–water partition coefficient (Wildman–Crippen LogP) is 4.84. The molecule has 4 unspecified atom stereocenters. The minimum Gasteiger partial charge on any atom is -0.458 e. The van der Waals surface area contributed by atoms with Crippen molar-refractivity contribution in [3.8, 4) is 5.75 Å². The summed E-state index contributed by atoms with van der Waals surface area (Å²) in [6, 6.07) is 10.3. The smallest absolute Gasteiger partial charge is 0.410 e. The Morgan fingerprint density at radius 1 is 1.04 bits per heavy atom. The highest BCUT2D eigenvalue weighted by Gasteiger charge is 2.51. The van der Waals surface area contributed by atoms with Crippen LogP contribution >= 0.6 is 0 Å². The summed E-state index contributed by atoms with van der Waals surface area (Å²) in [5.41, 5.74) is 0.124. The fraction of sp³-hybridized carbons (Fsp3) is 0.514. The lowest BCUT2D eigenvalue weighted by Gasteiger charge is -2.38. The molecule has 2 aromatic carbocycles. The van der Waals surface area contributed by atoms with E-state index < -0.39 is 47.2 Å². The van der Waals surface area contributed by atoms with Crippen LogP contribution in [0, 0.1) is 17.0 Å². The average molecular weight is 655 g/mol. The number of halogens is 2. The predicted molar refractivity (Wildman–Crippen MR) is 170 cm³/mol. The van der Waals surface area contributed by atoms with E-state index in [4.69, 9.17) is 14.2 Å². The van der Waals surface area contributed by atoms with Crippen LogP contribution in [0.25, 0.3) is 0 Å². The van der Waals surface area contributed by atoms with E-state index in [1.54, 1.807) is 11.8 Å². The van der Waals surface area contributed by atoms with Gasteiger partial charge in [-0.2, -0.15) is 0 Å². The third-order valence-corrected chi connectivity index (χ3v) is 9.19. The Balaban J connectivity index is 1.32. The molecule has 0 radical (unpaired) electrons. The van der Waals surface area contributed by atoms with Crippen molar-refractivity contribution >= 4 is 17.9 Å². The average Bonchev–Trinajstić information content (AvgIpc) is 3.65. The van der Waals surface area contributed by atoms with Crippen molar-refractivity contribution in [3.63, 3.8) is 0 Å². The van der Waals surface area contributed by atoms with Gasteiger partial charge in [0, 0.05) is 45.1 Å². The minimum atomic E-state index is -1.03. The van der Waals surface area contributed by atoms with Crippen molar-refractivity contribution in [2.24, 2.45) is 5.41 Å². The summed E-state index contributed by atoms with van der Waals surface area (Å²) in [5.74, 6) is -2.24. The lowest BCUT2D eigenvalue weighted by atomic mass is 9.85. The van der Waals surface area contributed by atoms with Gasteiger partial charge in [0.25, 0.3) is 0 Å². The Bertz CT molecular complexity index is 1480. The SMILES string of the molecule is CC(C(=O)NC(C(=O)N1CCC2C1C(Oc1ccc(F)c(F)c1)=CN2C1CCOCC1)C(C)(C)C)N(C)C(=O)OCc1ccccc1. The van der Waals surface area contributed by atoms with Crippen LogP contribution in [-0.4, -0.2) is 89.6 Å². The number of amides is 3. The van der Waals surface area contributed by atoms with E-state index in [0.717, 1.165) is 30.5 Å². The monoisotopic (exact) mass is 654 g/mol. The summed E-state index contributed by atoms with van der Waals surface area (Å²) < 4.78 is 44.9. The van der Waals surface area contributed by atoms with Crippen LogP contribution in [0.4, 0.5) is 13.6 Å². The topological polar surface area (TPSA) is 101 Å². The second-order valence-electron chi connectivity index (χ2n) is 13.5. The third kappa shape index (κ3) is 7.69. The normalized spacial score (nSPS) is 21.0. The molecule has 2 saturated heterocycles. The number of carbonyl (C=O) groups excluding carboxylic acids is 3. The number of benzene rings is 2. The first-order valence-corrected chi connectivity index (χ1v) is 16.1. The Hall–Kier alpha value is -4.19. The van der Waals surface area contributed by atoms with Gasteiger partial charge in [-0.05, 0) is 49.3 Å². The molecular weight excluding hydrogens is 610 g/mol. The van der Waals surface area contributed by atoms with Gasteiger partial charge in [-0.15, -0.1) is 0 Å². The zero-order valence-electron chi connectivity index (χ0n) is 27.6. The zero-order chi connectivity index (χ0) is 33.9. The molecule has 0 saturated carbocycles. The number of nitrogens with one attached hydrogen (secondary N) is 1. The molecule has 3 amide bonds. The van der Waals surface area contributed by atoms with Gasteiger partial charge in [0.15, 0.2) is 11.6 Å². The van der Waals surface area contributed by atoms with Gasteiger partial charge in [0.05, 0.1) is 6.04 Å². The number of rotatable bonds is 9. The van der Waals surface area contributed by atoms with Crippen LogP contribution in [0.5, 0.6) is 5.75 Å². The van der Waals surface area contributed by atoms with Crippen LogP contribution in [0.3, 0.4) is 0 Å². The van der Waals surface area contributed by atoms with E-state index in [1.807, 2.05) is 57.3 Å². The first-order chi connectivity index (χ1) is 22.3. The van der Waals surface area contributed by atoms with Crippen molar-refractivity contribution in [2.75, 3.05) is 26.8 Å². The fourth-order valence-electron chi connectivity index (χ4n) is 6.35. The highest BCUT2D eigenvalue weighted by Crippen LogP contribution is 2.40. The molecule has 3 aliphatic heterocycles. The molecule has 1 N–H and O–H groups in total. The number of hydrogen-bond acceptors (Lipinski definition) is 7. The Morgan fingerprint density at radius 3 is 2.40 bits per heavy atom. The summed E-state index contributed by atoms with van der Waals surface area (Å²) in [4.78, 5) is 45.9. The van der Waals surface area contributed by atoms with Gasteiger partial charge in [0.1, 0.15) is 36.2 Å². The molecule has 254 valence electrons. The fourth-order valence-corrected chi connectivity index (χ4v) is 6.35. The summed E-state index contributed by atoms with van der Waals surface area (Å²) in [6.45, 7) is 8.89. The highest BCUT2D eigenvalue weighted by atomic mass is 19.2. The van der Waals surface area contributed by atoms with E-state index in [2.05, 4.69) is 10.2 Å². The van der Waals surface area contributed by atoms with Gasteiger partial charge in [-0.1, -0.05) is 51.1 Å². The van der Waals surface area contributed by atoms with Crippen molar-refractivity contribution in [1.29, 1.82) is 0 Å². The first kappa shape index (κ1) is 34.2. The summed E-state index contributed by atoms with van der Waals surface area (Å²) >= 11 is 0.